The normalized spacial score (nSPS) is 11.2. The number of ketones is 1. The number of rotatable bonds is 4. The molecule has 0 atom stereocenters. The molecule has 0 aliphatic carbocycles. The summed E-state index contributed by atoms with van der Waals surface area (Å²) in [6, 6.07) is 14.6. The van der Waals surface area contributed by atoms with E-state index in [1.165, 1.54) is 24.3 Å². The van der Waals surface area contributed by atoms with Gasteiger partial charge in [-0.2, -0.15) is 0 Å². The first-order valence-corrected chi connectivity index (χ1v) is 7.72. The predicted molar refractivity (Wildman–Crippen MR) is 74.2 cm³/mol. The van der Waals surface area contributed by atoms with E-state index in [9.17, 15) is 13.2 Å². The lowest BCUT2D eigenvalue weighted by Crippen LogP contribution is -2.04. The molecule has 0 bridgehead atoms. The van der Waals surface area contributed by atoms with Crippen LogP contribution in [0, 0.1) is 0 Å². The summed E-state index contributed by atoms with van der Waals surface area (Å²) in [6.45, 7) is 0. The second-order valence-electron chi connectivity index (χ2n) is 3.94. The van der Waals surface area contributed by atoms with Crippen molar-refractivity contribution in [3.05, 3.63) is 65.7 Å². The third kappa shape index (κ3) is 3.03. The van der Waals surface area contributed by atoms with Crippen LogP contribution in [0.5, 0.6) is 0 Å². The highest BCUT2D eigenvalue weighted by Crippen LogP contribution is 2.16. The maximum atomic E-state index is 12.1. The summed E-state index contributed by atoms with van der Waals surface area (Å²) in [5.41, 5.74) is 1.01. The first-order chi connectivity index (χ1) is 9.04. The Morgan fingerprint density at radius 1 is 0.895 bits per heavy atom. The van der Waals surface area contributed by atoms with Gasteiger partial charge in [-0.15, -0.1) is 11.6 Å². The molecule has 0 fully saturated rings. The van der Waals surface area contributed by atoms with E-state index in [2.05, 4.69) is 0 Å². The van der Waals surface area contributed by atoms with E-state index < -0.39 is 15.0 Å². The van der Waals surface area contributed by atoms with E-state index in [1.807, 2.05) is 6.07 Å². The molecular formula is C14H11ClO3S. The van der Waals surface area contributed by atoms with Gasteiger partial charge in [0.1, 0.15) is 5.21 Å². The summed E-state index contributed by atoms with van der Waals surface area (Å²) in [5.74, 6) is -0.143. The van der Waals surface area contributed by atoms with Gasteiger partial charge in [0.2, 0.25) is 0 Å². The topological polar surface area (TPSA) is 51.2 Å². The summed E-state index contributed by atoms with van der Waals surface area (Å²) in [6.07, 6.45) is 0. The van der Waals surface area contributed by atoms with Gasteiger partial charge in [0.15, 0.2) is 15.6 Å². The zero-order valence-corrected chi connectivity index (χ0v) is 11.5. The van der Waals surface area contributed by atoms with Crippen LogP contribution in [0.1, 0.15) is 15.9 Å². The lowest BCUT2D eigenvalue weighted by molar-refractivity contribution is 0.103. The van der Waals surface area contributed by atoms with Gasteiger partial charge < -0.3 is 0 Å². The minimum absolute atomic E-state index is 0.118. The molecule has 0 spiro atoms. The molecule has 0 saturated carbocycles. The SMILES string of the molecule is O=C(c1ccccc1)c1ccc(S(=O)(=O)CCl)cc1. The quantitative estimate of drug-likeness (QED) is 0.643. The summed E-state index contributed by atoms with van der Waals surface area (Å²) in [5, 5.41) is -0.473. The molecule has 0 amide bonds. The number of carbonyl (C=O) groups excluding carboxylic acids is 1. The minimum Gasteiger partial charge on any atom is -0.289 e. The fraction of sp³-hybridized carbons (Fsp3) is 0.0714. The van der Waals surface area contributed by atoms with Gasteiger partial charge in [-0.3, -0.25) is 4.79 Å². The summed E-state index contributed by atoms with van der Waals surface area (Å²) >= 11 is 5.37. The maximum Gasteiger partial charge on any atom is 0.193 e. The number of hydrogen-bond donors (Lipinski definition) is 0. The number of halogens is 1. The molecular weight excluding hydrogens is 284 g/mol. The van der Waals surface area contributed by atoms with Gasteiger partial charge in [0.25, 0.3) is 0 Å². The van der Waals surface area contributed by atoms with Crippen molar-refractivity contribution in [2.75, 3.05) is 5.21 Å². The van der Waals surface area contributed by atoms with Crippen LogP contribution in [-0.4, -0.2) is 19.4 Å². The number of benzene rings is 2. The molecule has 0 unspecified atom stereocenters. The molecule has 3 nitrogen and oxygen atoms in total. The van der Waals surface area contributed by atoms with Crippen molar-refractivity contribution in [1.82, 2.24) is 0 Å². The average Bonchev–Trinajstić information content (AvgIpc) is 2.47. The van der Waals surface area contributed by atoms with Crippen LogP contribution in [0.25, 0.3) is 0 Å². The third-order valence-corrected chi connectivity index (χ3v) is 4.79. The minimum atomic E-state index is -3.45. The Balaban J connectivity index is 2.32. The Kier molecular flexibility index (Phi) is 4.02. The van der Waals surface area contributed by atoms with Crippen molar-refractivity contribution in [2.24, 2.45) is 0 Å². The van der Waals surface area contributed by atoms with Crippen LogP contribution >= 0.6 is 11.6 Å². The number of hydrogen-bond acceptors (Lipinski definition) is 3. The predicted octanol–water partition coefficient (Wildman–Crippen LogP) is 2.89. The van der Waals surface area contributed by atoms with Gasteiger partial charge in [-0.25, -0.2) is 8.42 Å². The third-order valence-electron chi connectivity index (χ3n) is 2.66. The van der Waals surface area contributed by atoms with Crippen LogP contribution in [0.15, 0.2) is 59.5 Å². The van der Waals surface area contributed by atoms with Crippen LogP contribution in [0.2, 0.25) is 0 Å². The molecule has 0 saturated heterocycles. The molecule has 2 aromatic carbocycles. The zero-order chi connectivity index (χ0) is 13.9. The number of alkyl halides is 1. The second kappa shape index (κ2) is 5.55. The number of carbonyl (C=O) groups is 1. The zero-order valence-electron chi connectivity index (χ0n) is 9.91. The Labute approximate surface area is 116 Å². The highest BCUT2D eigenvalue weighted by atomic mass is 35.5. The van der Waals surface area contributed by atoms with Gasteiger partial charge in [-0.1, -0.05) is 30.3 Å². The van der Waals surface area contributed by atoms with Crippen LogP contribution < -0.4 is 0 Å². The average molecular weight is 295 g/mol. The molecule has 2 rings (SSSR count). The lowest BCUT2D eigenvalue weighted by Gasteiger charge is -2.03. The van der Waals surface area contributed by atoms with Crippen molar-refractivity contribution in [3.63, 3.8) is 0 Å². The molecule has 0 aliphatic rings. The first-order valence-electron chi connectivity index (χ1n) is 5.53. The van der Waals surface area contributed by atoms with Crippen LogP contribution in [0.4, 0.5) is 0 Å². The molecule has 0 radical (unpaired) electrons. The van der Waals surface area contributed by atoms with Crippen molar-refractivity contribution < 1.29 is 13.2 Å². The summed E-state index contributed by atoms with van der Waals surface area (Å²) < 4.78 is 23.1. The lowest BCUT2D eigenvalue weighted by atomic mass is 10.0. The Morgan fingerprint density at radius 2 is 1.42 bits per heavy atom. The molecule has 0 aliphatic heterocycles. The van der Waals surface area contributed by atoms with E-state index in [4.69, 9.17) is 11.6 Å². The van der Waals surface area contributed by atoms with Crippen molar-refractivity contribution in [1.29, 1.82) is 0 Å². The highest BCUT2D eigenvalue weighted by Gasteiger charge is 2.14. The van der Waals surface area contributed by atoms with Gasteiger partial charge in [0, 0.05) is 11.1 Å². The molecule has 98 valence electrons. The second-order valence-corrected chi connectivity index (χ2v) is 6.52. The molecule has 0 N–H and O–H groups in total. The summed E-state index contributed by atoms with van der Waals surface area (Å²) in [4.78, 5) is 12.2. The molecule has 2 aromatic rings. The van der Waals surface area contributed by atoms with Crippen molar-refractivity contribution in [2.45, 2.75) is 4.90 Å². The largest absolute Gasteiger partial charge is 0.289 e. The van der Waals surface area contributed by atoms with Gasteiger partial charge >= 0.3 is 0 Å². The van der Waals surface area contributed by atoms with E-state index in [0.29, 0.717) is 11.1 Å². The Bertz CT molecular complexity index is 676. The molecule has 5 heteroatoms. The first kappa shape index (κ1) is 13.8. The van der Waals surface area contributed by atoms with E-state index in [-0.39, 0.29) is 10.7 Å². The Hall–Kier alpha value is -1.65. The van der Waals surface area contributed by atoms with E-state index in [1.54, 1.807) is 24.3 Å². The fourth-order valence-electron chi connectivity index (χ4n) is 1.63. The highest BCUT2D eigenvalue weighted by molar-refractivity contribution is 7.92. The molecule has 0 aromatic heterocycles. The van der Waals surface area contributed by atoms with Crippen LogP contribution in [-0.2, 0) is 9.84 Å². The smallest absolute Gasteiger partial charge is 0.193 e. The van der Waals surface area contributed by atoms with Crippen molar-refractivity contribution in [3.8, 4) is 0 Å². The fourth-order valence-corrected chi connectivity index (χ4v) is 2.69. The molecule has 0 heterocycles. The number of sulfone groups is 1. The standard InChI is InChI=1S/C14H11ClO3S/c15-10-19(17,18)13-8-6-12(7-9-13)14(16)11-4-2-1-3-5-11/h1-9H,10H2. The van der Waals surface area contributed by atoms with Gasteiger partial charge in [-0.05, 0) is 24.3 Å². The maximum absolute atomic E-state index is 12.1. The van der Waals surface area contributed by atoms with E-state index >= 15 is 0 Å². The van der Waals surface area contributed by atoms with Crippen LogP contribution in [0.3, 0.4) is 0 Å². The van der Waals surface area contributed by atoms with Crippen molar-refractivity contribution >= 4 is 27.2 Å². The monoisotopic (exact) mass is 294 g/mol. The summed E-state index contributed by atoms with van der Waals surface area (Å²) in [7, 11) is -3.45. The van der Waals surface area contributed by atoms with E-state index in [0.717, 1.165) is 0 Å². The van der Waals surface area contributed by atoms with Gasteiger partial charge in [0.05, 0.1) is 4.90 Å². The molecule has 19 heavy (non-hydrogen) atoms. The Morgan fingerprint density at radius 3 is 1.95 bits per heavy atom.